The van der Waals surface area contributed by atoms with Crippen LogP contribution < -0.4 is 0 Å². The van der Waals surface area contributed by atoms with Gasteiger partial charge in [-0.25, -0.2) is 4.98 Å². The second-order valence-electron chi connectivity index (χ2n) is 4.00. The van der Waals surface area contributed by atoms with E-state index < -0.39 is 0 Å². The largest absolute Gasteiger partial charge is 0.337 e. The number of carbonyl (C=O) groups is 1. The molecule has 86 valence electrons. The molecule has 4 nitrogen and oxygen atoms in total. The molecule has 0 bridgehead atoms. The topological polar surface area (TPSA) is 46.1 Å². The summed E-state index contributed by atoms with van der Waals surface area (Å²) in [6.07, 6.45) is 6.73. The highest BCUT2D eigenvalue weighted by Gasteiger charge is 2.24. The predicted octanol–water partition coefficient (Wildman–Crippen LogP) is 1.57. The third kappa shape index (κ3) is 2.50. The average molecular weight is 240 g/mol. The van der Waals surface area contributed by atoms with Crippen molar-refractivity contribution < 1.29 is 4.79 Å². The first-order chi connectivity index (χ1) is 7.81. The molecule has 1 aliphatic rings. The van der Waals surface area contributed by atoms with E-state index in [2.05, 4.69) is 9.97 Å². The molecule has 5 heteroatoms. The summed E-state index contributed by atoms with van der Waals surface area (Å²) in [6, 6.07) is 0. The van der Waals surface area contributed by atoms with Crippen LogP contribution in [-0.2, 0) is 0 Å². The molecule has 1 amide bonds. The Labute approximate surface area is 99.6 Å². The molecular weight excluding hydrogens is 226 g/mol. The van der Waals surface area contributed by atoms with Crippen LogP contribution in [0.4, 0.5) is 0 Å². The van der Waals surface area contributed by atoms with E-state index in [0.717, 1.165) is 25.9 Å². The molecule has 2 rings (SSSR count). The summed E-state index contributed by atoms with van der Waals surface area (Å²) in [5.74, 6) is 0.989. The Morgan fingerprint density at radius 2 is 2.44 bits per heavy atom. The van der Waals surface area contributed by atoms with Crippen LogP contribution in [0.15, 0.2) is 18.6 Å². The summed E-state index contributed by atoms with van der Waals surface area (Å²) in [6.45, 7) is 1.53. The summed E-state index contributed by atoms with van der Waals surface area (Å²) >= 11 is 5.83. The van der Waals surface area contributed by atoms with E-state index in [4.69, 9.17) is 11.6 Å². The Kier molecular flexibility index (Phi) is 3.72. The Bertz CT molecular complexity index is 358. The van der Waals surface area contributed by atoms with Crippen LogP contribution in [0.2, 0.25) is 0 Å². The molecule has 0 aliphatic carbocycles. The van der Waals surface area contributed by atoms with Crippen molar-refractivity contribution in [2.24, 2.45) is 5.92 Å². The number of aromatic nitrogens is 2. The summed E-state index contributed by atoms with van der Waals surface area (Å²) in [5, 5.41) is 0. The summed E-state index contributed by atoms with van der Waals surface area (Å²) in [5.41, 5.74) is 0.415. The Balaban J connectivity index is 2.05. The molecule has 0 unspecified atom stereocenters. The third-order valence-electron chi connectivity index (χ3n) is 2.81. The number of hydrogen-bond acceptors (Lipinski definition) is 3. The SMILES string of the molecule is O=C(c1cnccn1)N1CCC[C@H](CCl)C1. The number of amides is 1. The number of likely N-dealkylation sites (tertiary alicyclic amines) is 1. The average Bonchev–Trinajstić information content (AvgIpc) is 2.39. The zero-order valence-corrected chi connectivity index (χ0v) is 9.73. The first-order valence-corrected chi connectivity index (χ1v) is 5.96. The van der Waals surface area contributed by atoms with Crippen LogP contribution in [0.5, 0.6) is 0 Å². The Morgan fingerprint density at radius 3 is 3.12 bits per heavy atom. The molecule has 1 fully saturated rings. The fourth-order valence-corrected chi connectivity index (χ4v) is 2.20. The van der Waals surface area contributed by atoms with E-state index in [1.165, 1.54) is 12.4 Å². The van der Waals surface area contributed by atoms with Gasteiger partial charge in [-0.3, -0.25) is 9.78 Å². The first kappa shape index (κ1) is 11.3. The molecule has 0 radical (unpaired) electrons. The van der Waals surface area contributed by atoms with E-state index >= 15 is 0 Å². The van der Waals surface area contributed by atoms with Gasteiger partial charge in [0.2, 0.25) is 0 Å². The molecule has 1 saturated heterocycles. The fourth-order valence-electron chi connectivity index (χ4n) is 1.95. The number of nitrogens with zero attached hydrogens (tertiary/aromatic N) is 3. The fraction of sp³-hybridized carbons (Fsp3) is 0.545. The van der Waals surface area contributed by atoms with E-state index in [0.29, 0.717) is 17.5 Å². The van der Waals surface area contributed by atoms with Crippen LogP contribution in [0.1, 0.15) is 23.3 Å². The molecule has 16 heavy (non-hydrogen) atoms. The smallest absolute Gasteiger partial charge is 0.274 e. The standard InChI is InChI=1S/C11H14ClN3O/c12-6-9-2-1-5-15(8-9)11(16)10-7-13-3-4-14-10/h3-4,7,9H,1-2,5-6,8H2/t9-/m1/s1. The van der Waals surface area contributed by atoms with Crippen LogP contribution in [0.25, 0.3) is 0 Å². The predicted molar refractivity (Wildman–Crippen MR) is 61.4 cm³/mol. The maximum atomic E-state index is 12.0. The summed E-state index contributed by atoms with van der Waals surface area (Å²) in [7, 11) is 0. The highest BCUT2D eigenvalue weighted by atomic mass is 35.5. The molecule has 1 aromatic heterocycles. The van der Waals surface area contributed by atoms with E-state index in [9.17, 15) is 4.79 Å². The maximum Gasteiger partial charge on any atom is 0.274 e. The van der Waals surface area contributed by atoms with Crippen molar-refractivity contribution in [3.8, 4) is 0 Å². The lowest BCUT2D eigenvalue weighted by Crippen LogP contribution is -2.40. The summed E-state index contributed by atoms with van der Waals surface area (Å²) < 4.78 is 0. The van der Waals surface area contributed by atoms with Gasteiger partial charge in [0.05, 0.1) is 6.20 Å². The molecule has 0 spiro atoms. The molecule has 1 aromatic rings. The van der Waals surface area contributed by atoms with E-state index in [1.54, 1.807) is 6.20 Å². The lowest BCUT2D eigenvalue weighted by Gasteiger charge is -2.31. The molecule has 2 heterocycles. The first-order valence-electron chi connectivity index (χ1n) is 5.42. The van der Waals surface area contributed by atoms with Gasteiger partial charge in [0.25, 0.3) is 5.91 Å². The number of piperidine rings is 1. The Hall–Kier alpha value is -1.16. The van der Waals surface area contributed by atoms with Crippen LogP contribution in [0.3, 0.4) is 0 Å². The molecular formula is C11H14ClN3O. The van der Waals surface area contributed by atoms with Gasteiger partial charge in [0.15, 0.2) is 0 Å². The molecule has 0 aromatic carbocycles. The van der Waals surface area contributed by atoms with Gasteiger partial charge < -0.3 is 4.90 Å². The van der Waals surface area contributed by atoms with Gasteiger partial charge in [0.1, 0.15) is 5.69 Å². The number of rotatable bonds is 2. The number of carbonyl (C=O) groups excluding carboxylic acids is 1. The third-order valence-corrected chi connectivity index (χ3v) is 3.24. The van der Waals surface area contributed by atoms with Crippen molar-refractivity contribution in [3.63, 3.8) is 0 Å². The second kappa shape index (κ2) is 5.25. The van der Waals surface area contributed by atoms with Crippen molar-refractivity contribution in [1.29, 1.82) is 0 Å². The van der Waals surface area contributed by atoms with Crippen LogP contribution in [0, 0.1) is 5.92 Å². The van der Waals surface area contributed by atoms with Crippen LogP contribution >= 0.6 is 11.6 Å². The minimum Gasteiger partial charge on any atom is -0.337 e. The lowest BCUT2D eigenvalue weighted by molar-refractivity contribution is 0.0678. The Morgan fingerprint density at radius 1 is 1.56 bits per heavy atom. The van der Waals surface area contributed by atoms with E-state index in [1.807, 2.05) is 4.90 Å². The normalized spacial score (nSPS) is 20.8. The van der Waals surface area contributed by atoms with Crippen molar-refractivity contribution >= 4 is 17.5 Å². The van der Waals surface area contributed by atoms with Crippen molar-refractivity contribution in [3.05, 3.63) is 24.3 Å². The second-order valence-corrected chi connectivity index (χ2v) is 4.31. The zero-order chi connectivity index (χ0) is 11.4. The van der Waals surface area contributed by atoms with Crippen LogP contribution in [-0.4, -0.2) is 39.7 Å². The van der Waals surface area contributed by atoms with E-state index in [-0.39, 0.29) is 5.91 Å². The number of hydrogen-bond donors (Lipinski definition) is 0. The van der Waals surface area contributed by atoms with Crippen molar-refractivity contribution in [2.45, 2.75) is 12.8 Å². The number of alkyl halides is 1. The van der Waals surface area contributed by atoms with Gasteiger partial charge >= 0.3 is 0 Å². The van der Waals surface area contributed by atoms with Gasteiger partial charge in [-0.1, -0.05) is 0 Å². The minimum atomic E-state index is -0.0390. The molecule has 0 saturated carbocycles. The van der Waals surface area contributed by atoms with Gasteiger partial charge in [-0.15, -0.1) is 11.6 Å². The van der Waals surface area contributed by atoms with Crippen molar-refractivity contribution in [1.82, 2.24) is 14.9 Å². The zero-order valence-electron chi connectivity index (χ0n) is 8.97. The molecule has 1 atom stereocenters. The highest BCUT2D eigenvalue weighted by Crippen LogP contribution is 2.18. The molecule has 0 N–H and O–H groups in total. The summed E-state index contributed by atoms with van der Waals surface area (Å²) in [4.78, 5) is 21.8. The monoisotopic (exact) mass is 239 g/mol. The van der Waals surface area contributed by atoms with Gasteiger partial charge in [-0.2, -0.15) is 0 Å². The lowest BCUT2D eigenvalue weighted by atomic mass is 10.00. The molecule has 1 aliphatic heterocycles. The van der Waals surface area contributed by atoms with Crippen molar-refractivity contribution in [2.75, 3.05) is 19.0 Å². The number of halogens is 1. The van der Waals surface area contributed by atoms with Gasteiger partial charge in [0, 0.05) is 31.4 Å². The quantitative estimate of drug-likeness (QED) is 0.736. The minimum absolute atomic E-state index is 0.0390. The maximum absolute atomic E-state index is 12.0. The van der Waals surface area contributed by atoms with Gasteiger partial charge in [-0.05, 0) is 18.8 Å². The highest BCUT2D eigenvalue weighted by molar-refractivity contribution is 6.18.